The Balaban J connectivity index is 2.67. The third-order valence-electron chi connectivity index (χ3n) is 2.43. The summed E-state index contributed by atoms with van der Waals surface area (Å²) in [5.41, 5.74) is 0.297. The maximum Gasteiger partial charge on any atom is 0.326 e. The zero-order valence-electron chi connectivity index (χ0n) is 10.6. The smallest absolute Gasteiger partial charge is 0.326 e. The van der Waals surface area contributed by atoms with Crippen molar-refractivity contribution in [2.24, 2.45) is 0 Å². The molecule has 1 unspecified atom stereocenters. The van der Waals surface area contributed by atoms with Crippen LogP contribution in [0.2, 0.25) is 5.02 Å². The van der Waals surface area contributed by atoms with E-state index in [0.717, 1.165) is 0 Å². The van der Waals surface area contributed by atoms with Gasteiger partial charge in [0.15, 0.2) is 0 Å². The van der Waals surface area contributed by atoms with Crippen LogP contribution in [-0.4, -0.2) is 34.2 Å². The summed E-state index contributed by atoms with van der Waals surface area (Å²) in [4.78, 5) is 33.1. The van der Waals surface area contributed by atoms with E-state index in [1.165, 1.54) is 0 Å². The second kappa shape index (κ2) is 7.84. The van der Waals surface area contributed by atoms with Crippen molar-refractivity contribution in [3.05, 3.63) is 27.7 Å². The number of rotatable bonds is 6. The molecule has 0 fully saturated rings. The molecule has 4 N–H and O–H groups in total. The summed E-state index contributed by atoms with van der Waals surface area (Å²) in [7, 11) is 0. The number of nitrogens with one attached hydrogen (secondary N) is 2. The minimum atomic E-state index is -1.31. The lowest BCUT2D eigenvalue weighted by atomic mass is 10.1. The van der Waals surface area contributed by atoms with Gasteiger partial charge in [-0.15, -0.1) is 0 Å². The van der Waals surface area contributed by atoms with E-state index in [1.54, 1.807) is 18.2 Å². The molecular weight excluding hydrogens is 367 g/mol. The fourth-order valence-electron chi connectivity index (χ4n) is 1.44. The standard InChI is InChI=1S/C12H12BrClN2O5/c13-6-1-2-7(14)9(5-6)16-12(21)15-8(11(19)20)3-4-10(17)18/h1-2,5,8H,3-4H2,(H,17,18)(H,19,20)(H2,15,16,21). The number of benzene rings is 1. The molecule has 114 valence electrons. The van der Waals surface area contributed by atoms with Crippen molar-refractivity contribution in [1.29, 1.82) is 0 Å². The van der Waals surface area contributed by atoms with E-state index in [-0.39, 0.29) is 17.9 Å². The number of anilines is 1. The third kappa shape index (κ3) is 6.01. The molecule has 0 aliphatic heterocycles. The number of carboxylic acid groups (broad SMARTS) is 2. The van der Waals surface area contributed by atoms with E-state index < -0.39 is 24.0 Å². The van der Waals surface area contributed by atoms with E-state index >= 15 is 0 Å². The topological polar surface area (TPSA) is 116 Å². The maximum absolute atomic E-state index is 11.7. The normalized spacial score (nSPS) is 11.5. The van der Waals surface area contributed by atoms with Gasteiger partial charge >= 0.3 is 18.0 Å². The van der Waals surface area contributed by atoms with Crippen molar-refractivity contribution in [2.45, 2.75) is 18.9 Å². The molecule has 0 aliphatic carbocycles. The Morgan fingerprint density at radius 1 is 1.29 bits per heavy atom. The SMILES string of the molecule is O=C(O)CCC(NC(=O)Nc1cc(Br)ccc1Cl)C(=O)O. The summed E-state index contributed by atoms with van der Waals surface area (Å²) >= 11 is 9.10. The fourth-order valence-corrected chi connectivity index (χ4v) is 1.96. The van der Waals surface area contributed by atoms with E-state index in [0.29, 0.717) is 10.2 Å². The Morgan fingerprint density at radius 3 is 2.52 bits per heavy atom. The van der Waals surface area contributed by atoms with Gasteiger partial charge in [0.25, 0.3) is 0 Å². The fraction of sp³-hybridized carbons (Fsp3) is 0.250. The number of amides is 2. The quantitative estimate of drug-likeness (QED) is 0.606. The molecular formula is C12H12BrClN2O5. The molecule has 1 rings (SSSR count). The van der Waals surface area contributed by atoms with Crippen molar-refractivity contribution in [1.82, 2.24) is 5.32 Å². The minimum Gasteiger partial charge on any atom is -0.481 e. The van der Waals surface area contributed by atoms with Crippen molar-refractivity contribution < 1.29 is 24.6 Å². The Hall–Kier alpha value is -1.80. The lowest BCUT2D eigenvalue weighted by molar-refractivity contribution is -0.140. The molecule has 0 radical (unpaired) electrons. The molecule has 21 heavy (non-hydrogen) atoms. The number of hydrogen-bond donors (Lipinski definition) is 4. The van der Waals surface area contributed by atoms with Crippen LogP contribution in [-0.2, 0) is 9.59 Å². The van der Waals surface area contributed by atoms with Gasteiger partial charge in [0, 0.05) is 10.9 Å². The highest BCUT2D eigenvalue weighted by Gasteiger charge is 2.21. The molecule has 0 bridgehead atoms. The van der Waals surface area contributed by atoms with E-state index in [2.05, 4.69) is 26.6 Å². The van der Waals surface area contributed by atoms with Crippen LogP contribution in [0.4, 0.5) is 10.5 Å². The maximum atomic E-state index is 11.7. The van der Waals surface area contributed by atoms with Gasteiger partial charge < -0.3 is 20.8 Å². The van der Waals surface area contributed by atoms with Crippen LogP contribution in [0.25, 0.3) is 0 Å². The molecule has 0 aromatic heterocycles. The van der Waals surface area contributed by atoms with Gasteiger partial charge in [-0.05, 0) is 24.6 Å². The minimum absolute atomic E-state index is 0.218. The molecule has 0 saturated carbocycles. The van der Waals surface area contributed by atoms with Crippen LogP contribution in [0.15, 0.2) is 22.7 Å². The highest BCUT2D eigenvalue weighted by Crippen LogP contribution is 2.25. The van der Waals surface area contributed by atoms with Crippen LogP contribution in [0.5, 0.6) is 0 Å². The molecule has 0 spiro atoms. The third-order valence-corrected chi connectivity index (χ3v) is 3.25. The first-order chi connectivity index (χ1) is 9.79. The molecule has 2 amide bonds. The average Bonchev–Trinajstić information content (AvgIpc) is 2.38. The van der Waals surface area contributed by atoms with Gasteiger partial charge in [0.05, 0.1) is 10.7 Å². The zero-order valence-corrected chi connectivity index (χ0v) is 12.9. The molecule has 1 atom stereocenters. The van der Waals surface area contributed by atoms with Crippen LogP contribution in [0.3, 0.4) is 0 Å². The summed E-state index contributed by atoms with van der Waals surface area (Å²) in [6.45, 7) is 0. The van der Waals surface area contributed by atoms with E-state index in [4.69, 9.17) is 21.8 Å². The zero-order chi connectivity index (χ0) is 16.0. The van der Waals surface area contributed by atoms with Gasteiger partial charge in [-0.3, -0.25) is 4.79 Å². The van der Waals surface area contributed by atoms with Crippen LogP contribution < -0.4 is 10.6 Å². The number of carboxylic acids is 2. The number of carbonyl (C=O) groups excluding carboxylic acids is 1. The lowest BCUT2D eigenvalue weighted by Crippen LogP contribution is -2.43. The van der Waals surface area contributed by atoms with E-state index in [9.17, 15) is 14.4 Å². The van der Waals surface area contributed by atoms with Crippen molar-refractivity contribution in [2.75, 3.05) is 5.32 Å². The Morgan fingerprint density at radius 2 is 1.95 bits per heavy atom. The summed E-state index contributed by atoms with van der Waals surface area (Å²) in [6, 6.07) is 2.70. The first kappa shape index (κ1) is 17.3. The average molecular weight is 380 g/mol. The van der Waals surface area contributed by atoms with Gasteiger partial charge in [-0.2, -0.15) is 0 Å². The number of aliphatic carboxylic acids is 2. The largest absolute Gasteiger partial charge is 0.481 e. The predicted molar refractivity (Wildman–Crippen MR) is 79.6 cm³/mol. The van der Waals surface area contributed by atoms with Crippen LogP contribution in [0, 0.1) is 0 Å². The second-order valence-corrected chi connectivity index (χ2v) is 5.37. The molecule has 0 aliphatic rings. The Kier molecular flexibility index (Phi) is 6.44. The highest BCUT2D eigenvalue weighted by atomic mass is 79.9. The highest BCUT2D eigenvalue weighted by molar-refractivity contribution is 9.10. The van der Waals surface area contributed by atoms with Crippen molar-refractivity contribution in [3.8, 4) is 0 Å². The number of urea groups is 1. The summed E-state index contributed by atoms with van der Waals surface area (Å²) < 4.78 is 0.683. The van der Waals surface area contributed by atoms with Crippen molar-refractivity contribution >= 4 is 51.2 Å². The van der Waals surface area contributed by atoms with Crippen molar-refractivity contribution in [3.63, 3.8) is 0 Å². The van der Waals surface area contributed by atoms with Gasteiger partial charge in [0.2, 0.25) is 0 Å². The first-order valence-corrected chi connectivity index (χ1v) is 6.94. The summed E-state index contributed by atoms with van der Waals surface area (Å²) in [5.74, 6) is -2.45. The van der Waals surface area contributed by atoms with Gasteiger partial charge in [-0.1, -0.05) is 27.5 Å². The molecule has 1 aromatic rings. The van der Waals surface area contributed by atoms with Crippen LogP contribution in [0.1, 0.15) is 12.8 Å². The lowest BCUT2D eigenvalue weighted by Gasteiger charge is -2.15. The Bertz CT molecular complexity index is 567. The summed E-state index contributed by atoms with van der Waals surface area (Å²) in [5, 5.41) is 22.3. The molecule has 0 heterocycles. The van der Waals surface area contributed by atoms with Crippen LogP contribution >= 0.6 is 27.5 Å². The molecule has 0 saturated heterocycles. The van der Waals surface area contributed by atoms with Gasteiger partial charge in [-0.25, -0.2) is 9.59 Å². The van der Waals surface area contributed by atoms with Gasteiger partial charge in [0.1, 0.15) is 6.04 Å². The monoisotopic (exact) mass is 378 g/mol. The number of carbonyl (C=O) groups is 3. The number of halogens is 2. The molecule has 9 heteroatoms. The second-order valence-electron chi connectivity index (χ2n) is 4.05. The Labute approximate surface area is 133 Å². The molecule has 7 nitrogen and oxygen atoms in total. The predicted octanol–water partition coefficient (Wildman–Crippen LogP) is 2.54. The van der Waals surface area contributed by atoms with E-state index in [1.807, 2.05) is 0 Å². The number of hydrogen-bond acceptors (Lipinski definition) is 3. The molecule has 1 aromatic carbocycles. The summed E-state index contributed by atoms with van der Waals surface area (Å²) in [6.07, 6.45) is -0.584. The first-order valence-electron chi connectivity index (χ1n) is 5.76.